The monoisotopic (exact) mass is 343 g/mol. The van der Waals surface area contributed by atoms with Crippen LogP contribution in [0.2, 0.25) is 0 Å². The highest BCUT2D eigenvalue weighted by molar-refractivity contribution is 6.01. The van der Waals surface area contributed by atoms with Crippen LogP contribution in [0.15, 0.2) is 18.2 Å². The number of ether oxygens (including phenoxy) is 2. The molecule has 1 aromatic heterocycles. The minimum atomic E-state index is 0.0727. The fourth-order valence-corrected chi connectivity index (χ4v) is 4.12. The lowest BCUT2D eigenvalue weighted by Crippen LogP contribution is -2.46. The number of rotatable bonds is 2. The smallest absolute Gasteiger partial charge is 0.270 e. The van der Waals surface area contributed by atoms with Crippen LogP contribution < -0.4 is 4.74 Å². The predicted molar refractivity (Wildman–Crippen MR) is 96.2 cm³/mol. The van der Waals surface area contributed by atoms with E-state index in [0.717, 1.165) is 48.5 Å². The van der Waals surface area contributed by atoms with Gasteiger partial charge < -0.3 is 24.3 Å². The molecule has 0 spiro atoms. The lowest BCUT2D eigenvalue weighted by molar-refractivity contribution is 0.0480. The van der Waals surface area contributed by atoms with Gasteiger partial charge in [0.25, 0.3) is 5.91 Å². The highest BCUT2D eigenvalue weighted by atomic mass is 16.5. The van der Waals surface area contributed by atoms with Crippen LogP contribution in [0.4, 0.5) is 0 Å². The van der Waals surface area contributed by atoms with Crippen LogP contribution in [0.5, 0.6) is 5.75 Å². The summed E-state index contributed by atoms with van der Waals surface area (Å²) < 4.78 is 11.1. The number of aromatic amines is 1. The Bertz CT molecular complexity index is 801. The molecular weight excluding hydrogens is 318 g/mol. The number of carbonyl (C=O) groups is 1. The molecule has 2 aliphatic rings. The van der Waals surface area contributed by atoms with Gasteiger partial charge in [0.15, 0.2) is 0 Å². The van der Waals surface area contributed by atoms with E-state index in [-0.39, 0.29) is 11.9 Å². The number of aryl methyl sites for hydroxylation is 1. The number of nitrogens with zero attached hydrogens (tertiary/aromatic N) is 2. The number of benzene rings is 1. The van der Waals surface area contributed by atoms with Crippen LogP contribution in [0.3, 0.4) is 0 Å². The Hall–Kier alpha value is -2.05. The van der Waals surface area contributed by atoms with Gasteiger partial charge in [-0.15, -0.1) is 0 Å². The third-order valence-corrected chi connectivity index (χ3v) is 5.39. The van der Waals surface area contributed by atoms with Crippen LogP contribution in [0, 0.1) is 12.8 Å². The average molecular weight is 343 g/mol. The van der Waals surface area contributed by atoms with E-state index in [1.807, 2.05) is 30.0 Å². The predicted octanol–water partition coefficient (Wildman–Crippen LogP) is 1.89. The topological polar surface area (TPSA) is 57.8 Å². The van der Waals surface area contributed by atoms with E-state index >= 15 is 0 Å². The Balaban J connectivity index is 1.70. The largest absolute Gasteiger partial charge is 0.497 e. The second-order valence-electron chi connectivity index (χ2n) is 7.27. The van der Waals surface area contributed by atoms with E-state index in [1.54, 1.807) is 7.11 Å². The Morgan fingerprint density at radius 2 is 2.12 bits per heavy atom. The molecule has 2 aliphatic heterocycles. The maximum atomic E-state index is 13.3. The van der Waals surface area contributed by atoms with Crippen molar-refractivity contribution in [2.75, 3.05) is 47.0 Å². The highest BCUT2D eigenvalue weighted by Gasteiger charge is 2.36. The fourth-order valence-electron chi connectivity index (χ4n) is 4.12. The summed E-state index contributed by atoms with van der Waals surface area (Å²) in [4.78, 5) is 21.0. The maximum Gasteiger partial charge on any atom is 0.270 e. The summed E-state index contributed by atoms with van der Waals surface area (Å²) in [5, 5.41) is 1.04. The van der Waals surface area contributed by atoms with E-state index in [1.165, 1.54) is 0 Å². The van der Waals surface area contributed by atoms with Crippen molar-refractivity contribution in [3.63, 3.8) is 0 Å². The first-order chi connectivity index (χ1) is 12.1. The number of likely N-dealkylation sites (N-methyl/N-ethyl adjacent to an activating group) is 1. The van der Waals surface area contributed by atoms with Gasteiger partial charge in [0.05, 0.1) is 26.4 Å². The molecule has 134 valence electrons. The van der Waals surface area contributed by atoms with Crippen LogP contribution in [0.25, 0.3) is 10.9 Å². The van der Waals surface area contributed by atoms with Gasteiger partial charge in [0.1, 0.15) is 11.4 Å². The van der Waals surface area contributed by atoms with Gasteiger partial charge in [-0.05, 0) is 37.7 Å². The lowest BCUT2D eigenvalue weighted by atomic mass is 10.1. The van der Waals surface area contributed by atoms with Crippen molar-refractivity contribution in [3.05, 3.63) is 29.5 Å². The zero-order chi connectivity index (χ0) is 17.6. The summed E-state index contributed by atoms with van der Waals surface area (Å²) in [6.45, 7) is 5.93. The van der Waals surface area contributed by atoms with Crippen molar-refractivity contribution in [3.8, 4) is 5.75 Å². The van der Waals surface area contributed by atoms with Gasteiger partial charge in [-0.1, -0.05) is 0 Å². The number of fused-ring (bicyclic) bond motifs is 4. The van der Waals surface area contributed by atoms with Crippen molar-refractivity contribution in [2.45, 2.75) is 13.0 Å². The number of methoxy groups -OCH3 is 1. The van der Waals surface area contributed by atoms with Crippen LogP contribution in [0.1, 0.15) is 16.1 Å². The van der Waals surface area contributed by atoms with Crippen molar-refractivity contribution in [2.24, 2.45) is 5.92 Å². The zero-order valence-corrected chi connectivity index (χ0v) is 15.0. The summed E-state index contributed by atoms with van der Waals surface area (Å²) in [7, 11) is 3.78. The standard InChI is InChI=1S/C19H25N3O3/c1-12-16-6-15(24-3)4-5-17(16)20-18(12)19(23)22-8-13-7-21(2)9-14(22)11-25-10-13/h4-6,13-14,20H,7-11H2,1-3H3/t13-,14-/m0/s1. The van der Waals surface area contributed by atoms with Crippen molar-refractivity contribution >= 4 is 16.8 Å². The molecule has 1 amide bonds. The molecule has 0 radical (unpaired) electrons. The maximum absolute atomic E-state index is 13.3. The Kier molecular flexibility index (Phi) is 4.17. The summed E-state index contributed by atoms with van der Waals surface area (Å²) in [5.74, 6) is 1.24. The van der Waals surface area contributed by atoms with Crippen molar-refractivity contribution < 1.29 is 14.3 Å². The Morgan fingerprint density at radius 1 is 1.28 bits per heavy atom. The van der Waals surface area contributed by atoms with Crippen molar-refractivity contribution in [1.82, 2.24) is 14.8 Å². The van der Waals surface area contributed by atoms with Gasteiger partial charge in [-0.2, -0.15) is 0 Å². The van der Waals surface area contributed by atoms with E-state index in [9.17, 15) is 4.79 Å². The van der Waals surface area contributed by atoms with Gasteiger partial charge in [-0.25, -0.2) is 0 Å². The second kappa shape index (κ2) is 6.35. The molecule has 25 heavy (non-hydrogen) atoms. The zero-order valence-electron chi connectivity index (χ0n) is 15.0. The fraction of sp³-hybridized carbons (Fsp3) is 0.526. The van der Waals surface area contributed by atoms with Crippen LogP contribution in [-0.2, 0) is 4.74 Å². The summed E-state index contributed by atoms with van der Waals surface area (Å²) in [6, 6.07) is 5.96. The Morgan fingerprint density at radius 3 is 2.92 bits per heavy atom. The van der Waals surface area contributed by atoms with E-state index < -0.39 is 0 Å². The van der Waals surface area contributed by atoms with Crippen LogP contribution in [-0.4, -0.2) is 73.7 Å². The minimum Gasteiger partial charge on any atom is -0.497 e. The first-order valence-electron chi connectivity index (χ1n) is 8.80. The summed E-state index contributed by atoms with van der Waals surface area (Å²) >= 11 is 0. The molecule has 6 heteroatoms. The van der Waals surface area contributed by atoms with E-state index in [4.69, 9.17) is 9.47 Å². The highest BCUT2D eigenvalue weighted by Crippen LogP contribution is 2.28. The van der Waals surface area contributed by atoms with E-state index in [0.29, 0.717) is 18.2 Å². The molecule has 2 fully saturated rings. The minimum absolute atomic E-state index is 0.0727. The first kappa shape index (κ1) is 16.4. The summed E-state index contributed by atoms with van der Waals surface area (Å²) in [6.07, 6.45) is 0. The number of carbonyl (C=O) groups excluding carboxylic acids is 1. The van der Waals surface area contributed by atoms with Gasteiger partial charge in [0, 0.05) is 36.5 Å². The first-order valence-corrected chi connectivity index (χ1v) is 8.80. The van der Waals surface area contributed by atoms with E-state index in [2.05, 4.69) is 16.9 Å². The number of hydrogen-bond donors (Lipinski definition) is 1. The molecule has 2 saturated heterocycles. The van der Waals surface area contributed by atoms with Gasteiger partial charge >= 0.3 is 0 Å². The summed E-state index contributed by atoms with van der Waals surface area (Å²) in [5.41, 5.74) is 2.62. The lowest BCUT2D eigenvalue weighted by Gasteiger charge is -2.29. The molecule has 0 saturated carbocycles. The molecule has 0 aliphatic carbocycles. The Labute approximate surface area is 147 Å². The van der Waals surface area contributed by atoms with Gasteiger partial charge in [-0.3, -0.25) is 4.79 Å². The third-order valence-electron chi connectivity index (χ3n) is 5.39. The number of H-pyrrole nitrogens is 1. The number of aromatic nitrogens is 1. The second-order valence-corrected chi connectivity index (χ2v) is 7.27. The number of hydrogen-bond acceptors (Lipinski definition) is 4. The quantitative estimate of drug-likeness (QED) is 0.905. The molecule has 2 atom stereocenters. The average Bonchev–Trinajstić information content (AvgIpc) is 2.73. The molecule has 1 N–H and O–H groups in total. The molecule has 1 aromatic carbocycles. The molecule has 6 nitrogen and oxygen atoms in total. The molecular formula is C19H25N3O3. The number of nitrogens with one attached hydrogen (secondary N) is 1. The molecule has 0 unspecified atom stereocenters. The van der Waals surface area contributed by atoms with Gasteiger partial charge in [0.2, 0.25) is 0 Å². The van der Waals surface area contributed by atoms with Crippen LogP contribution >= 0.6 is 0 Å². The molecule has 2 aromatic rings. The normalized spacial score (nSPS) is 24.4. The SMILES string of the molecule is COc1ccc2[nH]c(C(=O)N3C[C@H]4COC[C@@H]3CN(C)C4)c(C)c2c1. The molecule has 2 bridgehead atoms. The third kappa shape index (κ3) is 2.89. The molecule has 3 heterocycles. The van der Waals surface area contributed by atoms with Crippen molar-refractivity contribution in [1.29, 1.82) is 0 Å². The number of amides is 1. The molecule has 4 rings (SSSR count).